The van der Waals surface area contributed by atoms with Gasteiger partial charge in [0.1, 0.15) is 17.3 Å². The van der Waals surface area contributed by atoms with Crippen LogP contribution in [0.25, 0.3) is 27.5 Å². The fourth-order valence-electron chi connectivity index (χ4n) is 3.14. The molecule has 3 aromatic heterocycles. The Morgan fingerprint density at radius 3 is 2.77 bits per heavy atom. The molecular formula is C21H13F2N5OS. The first-order valence-electron chi connectivity index (χ1n) is 8.92. The number of anilines is 1. The van der Waals surface area contributed by atoms with Crippen LogP contribution < -0.4 is 5.32 Å². The number of thiazole rings is 1. The average molecular weight is 421 g/mol. The Morgan fingerprint density at radius 2 is 1.93 bits per heavy atom. The van der Waals surface area contributed by atoms with Crippen LogP contribution in [-0.2, 0) is 0 Å². The number of hydrogen-bond acceptors (Lipinski definition) is 4. The van der Waals surface area contributed by atoms with Gasteiger partial charge in [-0.1, -0.05) is 18.2 Å². The summed E-state index contributed by atoms with van der Waals surface area (Å²) < 4.78 is 29.0. The first-order valence-corrected chi connectivity index (χ1v) is 9.80. The molecule has 5 rings (SSSR count). The predicted octanol–water partition coefficient (Wildman–Crippen LogP) is 4.98. The summed E-state index contributed by atoms with van der Waals surface area (Å²) in [6.45, 7) is 0. The second-order valence-corrected chi connectivity index (χ2v) is 7.38. The maximum Gasteiger partial charge on any atom is 0.273 e. The number of carbonyl (C=O) groups excluding carboxylic acids is 1. The molecule has 0 aliphatic carbocycles. The maximum atomic E-state index is 14.0. The highest BCUT2D eigenvalue weighted by atomic mass is 32.1. The Kier molecular flexibility index (Phi) is 4.36. The molecule has 5 aromatic rings. The first-order chi connectivity index (χ1) is 14.6. The molecule has 1 amide bonds. The van der Waals surface area contributed by atoms with E-state index in [0.29, 0.717) is 5.69 Å². The van der Waals surface area contributed by atoms with Gasteiger partial charge in [-0.3, -0.25) is 14.3 Å². The lowest BCUT2D eigenvalue weighted by Crippen LogP contribution is -2.13. The molecule has 0 fully saturated rings. The van der Waals surface area contributed by atoms with Gasteiger partial charge in [0.2, 0.25) is 0 Å². The summed E-state index contributed by atoms with van der Waals surface area (Å²) in [5, 5.41) is 11.4. The lowest BCUT2D eigenvalue weighted by Gasteiger charge is -2.08. The highest BCUT2D eigenvalue weighted by Gasteiger charge is 2.16. The minimum absolute atomic E-state index is 0.102. The van der Waals surface area contributed by atoms with Crippen molar-refractivity contribution in [3.05, 3.63) is 83.6 Å². The van der Waals surface area contributed by atoms with E-state index >= 15 is 0 Å². The molecule has 0 atom stereocenters. The summed E-state index contributed by atoms with van der Waals surface area (Å²) in [6.07, 6.45) is 3.81. The number of halogens is 2. The molecule has 2 aromatic carbocycles. The van der Waals surface area contributed by atoms with Gasteiger partial charge in [0.05, 0.1) is 17.1 Å². The molecule has 0 unspecified atom stereocenters. The minimum Gasteiger partial charge on any atom is -0.320 e. The zero-order chi connectivity index (χ0) is 20.7. The molecule has 30 heavy (non-hydrogen) atoms. The number of para-hydroxylation sites is 1. The maximum absolute atomic E-state index is 14.0. The van der Waals surface area contributed by atoms with Crippen LogP contribution in [0.5, 0.6) is 0 Å². The monoisotopic (exact) mass is 421 g/mol. The van der Waals surface area contributed by atoms with Crippen LogP contribution in [0.2, 0.25) is 0 Å². The lowest BCUT2D eigenvalue weighted by atomic mass is 10.1. The number of H-pyrrole nitrogens is 1. The topological polar surface area (TPSA) is 75.1 Å². The zero-order valence-corrected chi connectivity index (χ0v) is 16.1. The number of carbonyl (C=O) groups is 1. The number of fused-ring (bicyclic) bond motifs is 1. The van der Waals surface area contributed by atoms with Crippen molar-refractivity contribution in [1.29, 1.82) is 0 Å². The van der Waals surface area contributed by atoms with Crippen LogP contribution in [0, 0.1) is 11.6 Å². The van der Waals surface area contributed by atoms with Crippen LogP contribution in [0.15, 0.2) is 66.3 Å². The smallest absolute Gasteiger partial charge is 0.273 e. The largest absolute Gasteiger partial charge is 0.320 e. The number of rotatable bonds is 4. The van der Waals surface area contributed by atoms with Crippen LogP contribution in [-0.4, -0.2) is 25.5 Å². The van der Waals surface area contributed by atoms with Crippen LogP contribution in [0.1, 0.15) is 10.5 Å². The molecule has 148 valence electrons. The van der Waals surface area contributed by atoms with Crippen LogP contribution in [0.4, 0.5) is 14.5 Å². The zero-order valence-electron chi connectivity index (χ0n) is 15.3. The molecule has 0 saturated carbocycles. The third-order valence-corrected chi connectivity index (χ3v) is 5.34. The van der Waals surface area contributed by atoms with Crippen molar-refractivity contribution in [3.8, 4) is 22.5 Å². The fourth-order valence-corrected chi connectivity index (χ4v) is 3.84. The average Bonchev–Trinajstić information content (AvgIpc) is 3.44. The van der Waals surface area contributed by atoms with Crippen molar-refractivity contribution >= 4 is 27.9 Å². The number of nitrogens with zero attached hydrogens (tertiary/aromatic N) is 3. The Morgan fingerprint density at radius 1 is 1.07 bits per heavy atom. The molecule has 0 spiro atoms. The van der Waals surface area contributed by atoms with Crippen molar-refractivity contribution in [2.45, 2.75) is 0 Å². The van der Waals surface area contributed by atoms with Gasteiger partial charge in [-0.2, -0.15) is 5.10 Å². The molecule has 3 heterocycles. The van der Waals surface area contributed by atoms with Crippen molar-refractivity contribution in [2.24, 2.45) is 0 Å². The molecule has 2 N–H and O–H groups in total. The molecule has 0 radical (unpaired) electrons. The summed E-state index contributed by atoms with van der Waals surface area (Å²) in [4.78, 5) is 18.2. The van der Waals surface area contributed by atoms with Crippen molar-refractivity contribution in [1.82, 2.24) is 19.6 Å². The number of imidazole rings is 1. The molecular weight excluding hydrogens is 408 g/mol. The Bertz CT molecular complexity index is 1360. The predicted molar refractivity (Wildman–Crippen MR) is 110 cm³/mol. The van der Waals surface area contributed by atoms with E-state index < -0.39 is 17.5 Å². The number of benzene rings is 2. The van der Waals surface area contributed by atoms with E-state index in [1.807, 2.05) is 40.4 Å². The summed E-state index contributed by atoms with van der Waals surface area (Å²) in [6, 6.07) is 11.9. The number of nitrogens with one attached hydrogen (secondary N) is 2. The highest BCUT2D eigenvalue weighted by molar-refractivity contribution is 7.15. The molecule has 0 bridgehead atoms. The van der Waals surface area contributed by atoms with Gasteiger partial charge in [-0.25, -0.2) is 13.8 Å². The quantitative estimate of drug-likeness (QED) is 0.430. The molecule has 0 aliphatic rings. The van der Waals surface area contributed by atoms with Crippen molar-refractivity contribution in [2.75, 3.05) is 5.32 Å². The molecule has 0 aliphatic heterocycles. The van der Waals surface area contributed by atoms with Gasteiger partial charge in [0, 0.05) is 35.0 Å². The normalized spacial score (nSPS) is 11.1. The van der Waals surface area contributed by atoms with E-state index in [4.69, 9.17) is 0 Å². The Labute approximate surface area is 172 Å². The third-order valence-electron chi connectivity index (χ3n) is 4.57. The standard InChI is InChI=1S/C21H13F2N5OS/c22-12-5-6-13(15(23)9-12)17-10-18(27-26-17)20(29)24-16-4-2-1-3-14(16)19-11-28-7-8-30-21(28)25-19/h1-11H,(H,24,29)(H,26,27). The van der Waals surface area contributed by atoms with Crippen LogP contribution >= 0.6 is 11.3 Å². The van der Waals surface area contributed by atoms with Gasteiger partial charge in [0.15, 0.2) is 4.96 Å². The first kappa shape index (κ1) is 18.2. The second-order valence-electron chi connectivity index (χ2n) is 6.51. The van der Waals surface area contributed by atoms with Gasteiger partial charge in [-0.15, -0.1) is 11.3 Å². The number of amides is 1. The second kappa shape index (κ2) is 7.20. The van der Waals surface area contributed by atoms with Gasteiger partial charge in [0.25, 0.3) is 5.91 Å². The number of aromatic amines is 1. The lowest BCUT2D eigenvalue weighted by molar-refractivity contribution is 0.102. The SMILES string of the molecule is O=C(Nc1ccccc1-c1cn2ccsc2n1)c1cc(-c2ccc(F)cc2F)n[nH]1. The van der Waals surface area contributed by atoms with E-state index in [9.17, 15) is 13.6 Å². The van der Waals surface area contributed by atoms with Crippen molar-refractivity contribution < 1.29 is 13.6 Å². The summed E-state index contributed by atoms with van der Waals surface area (Å²) >= 11 is 1.52. The molecule has 9 heteroatoms. The molecule has 6 nitrogen and oxygen atoms in total. The van der Waals surface area contributed by atoms with E-state index in [1.165, 1.54) is 23.5 Å². The highest BCUT2D eigenvalue weighted by Crippen LogP contribution is 2.29. The van der Waals surface area contributed by atoms with E-state index in [1.54, 1.807) is 6.07 Å². The summed E-state index contributed by atoms with van der Waals surface area (Å²) in [5.41, 5.74) is 2.54. The summed E-state index contributed by atoms with van der Waals surface area (Å²) in [7, 11) is 0. The van der Waals surface area contributed by atoms with E-state index in [-0.39, 0.29) is 17.0 Å². The fraction of sp³-hybridized carbons (Fsp3) is 0. The number of aromatic nitrogens is 4. The minimum atomic E-state index is -0.751. The van der Waals surface area contributed by atoms with Crippen LogP contribution in [0.3, 0.4) is 0 Å². The summed E-state index contributed by atoms with van der Waals surface area (Å²) in [5.74, 6) is -1.87. The number of hydrogen-bond donors (Lipinski definition) is 2. The van der Waals surface area contributed by atoms with Gasteiger partial charge in [-0.05, 0) is 24.3 Å². The Hall–Kier alpha value is -3.85. The molecule has 0 saturated heterocycles. The van der Waals surface area contributed by atoms with E-state index in [2.05, 4.69) is 20.5 Å². The van der Waals surface area contributed by atoms with Crippen molar-refractivity contribution in [3.63, 3.8) is 0 Å². The Balaban J connectivity index is 1.43. The van der Waals surface area contributed by atoms with Gasteiger partial charge < -0.3 is 5.32 Å². The third kappa shape index (κ3) is 3.25. The van der Waals surface area contributed by atoms with E-state index in [0.717, 1.165) is 28.4 Å². The van der Waals surface area contributed by atoms with Gasteiger partial charge >= 0.3 is 0 Å².